The highest BCUT2D eigenvalue weighted by Crippen LogP contribution is 2.23. The SMILES string of the molecule is CCn1c(SCC(=O)N/N=C\c2ccccc2O)nnc1-c1ccccc1. The first-order valence-electron chi connectivity index (χ1n) is 8.40. The Labute approximate surface area is 161 Å². The summed E-state index contributed by atoms with van der Waals surface area (Å²) < 4.78 is 1.97. The molecule has 0 bridgehead atoms. The third kappa shape index (κ3) is 4.73. The van der Waals surface area contributed by atoms with Crippen LogP contribution in [-0.2, 0) is 11.3 Å². The number of para-hydroxylation sites is 1. The minimum atomic E-state index is -0.265. The van der Waals surface area contributed by atoms with Crippen molar-refractivity contribution >= 4 is 23.9 Å². The molecular formula is C19H19N5O2S. The highest BCUT2D eigenvalue weighted by molar-refractivity contribution is 7.99. The van der Waals surface area contributed by atoms with E-state index in [1.165, 1.54) is 18.0 Å². The summed E-state index contributed by atoms with van der Waals surface area (Å²) in [4.78, 5) is 12.0. The lowest BCUT2D eigenvalue weighted by molar-refractivity contribution is -0.118. The maximum absolute atomic E-state index is 12.0. The van der Waals surface area contributed by atoms with Crippen LogP contribution in [0.2, 0.25) is 0 Å². The second kappa shape index (κ2) is 9.00. The highest BCUT2D eigenvalue weighted by Gasteiger charge is 2.14. The highest BCUT2D eigenvalue weighted by atomic mass is 32.2. The van der Waals surface area contributed by atoms with Crippen molar-refractivity contribution < 1.29 is 9.90 Å². The molecule has 27 heavy (non-hydrogen) atoms. The Kier molecular flexibility index (Phi) is 6.22. The van der Waals surface area contributed by atoms with Crippen molar-refractivity contribution in [3.05, 3.63) is 60.2 Å². The Balaban J connectivity index is 1.59. The van der Waals surface area contributed by atoms with Crippen LogP contribution in [0.4, 0.5) is 0 Å². The number of carbonyl (C=O) groups is 1. The molecular weight excluding hydrogens is 362 g/mol. The smallest absolute Gasteiger partial charge is 0.250 e. The molecule has 0 aliphatic heterocycles. The second-order valence-corrected chi connectivity index (χ2v) is 6.50. The van der Waals surface area contributed by atoms with Crippen molar-refractivity contribution in [2.45, 2.75) is 18.6 Å². The molecule has 0 saturated heterocycles. The van der Waals surface area contributed by atoms with Gasteiger partial charge in [-0.2, -0.15) is 5.10 Å². The molecule has 0 aliphatic rings. The van der Waals surface area contributed by atoms with Gasteiger partial charge in [0.1, 0.15) is 5.75 Å². The normalized spacial score (nSPS) is 11.0. The maximum atomic E-state index is 12.0. The minimum absolute atomic E-state index is 0.106. The predicted molar refractivity (Wildman–Crippen MR) is 106 cm³/mol. The molecule has 0 saturated carbocycles. The molecule has 2 N–H and O–H groups in total. The van der Waals surface area contributed by atoms with Crippen LogP contribution in [0.3, 0.4) is 0 Å². The number of aromatic nitrogens is 3. The van der Waals surface area contributed by atoms with Crippen LogP contribution < -0.4 is 5.43 Å². The summed E-state index contributed by atoms with van der Waals surface area (Å²) in [5.74, 6) is 0.775. The van der Waals surface area contributed by atoms with E-state index in [-0.39, 0.29) is 17.4 Å². The first-order valence-corrected chi connectivity index (χ1v) is 9.39. The van der Waals surface area contributed by atoms with Gasteiger partial charge < -0.3 is 9.67 Å². The number of phenolic OH excluding ortho intramolecular Hbond substituents is 1. The molecule has 0 spiro atoms. The zero-order valence-electron chi connectivity index (χ0n) is 14.7. The fourth-order valence-corrected chi connectivity index (χ4v) is 3.21. The summed E-state index contributed by atoms with van der Waals surface area (Å²) in [5, 5.41) is 22.7. The van der Waals surface area contributed by atoms with Gasteiger partial charge in [-0.3, -0.25) is 4.79 Å². The van der Waals surface area contributed by atoms with E-state index in [0.717, 1.165) is 11.4 Å². The number of amides is 1. The number of aromatic hydroxyl groups is 1. The fourth-order valence-electron chi connectivity index (χ4n) is 2.41. The minimum Gasteiger partial charge on any atom is -0.507 e. The van der Waals surface area contributed by atoms with E-state index in [9.17, 15) is 9.90 Å². The maximum Gasteiger partial charge on any atom is 0.250 e. The number of nitrogens with zero attached hydrogens (tertiary/aromatic N) is 4. The Morgan fingerprint density at radius 2 is 1.93 bits per heavy atom. The van der Waals surface area contributed by atoms with Crippen LogP contribution in [0.5, 0.6) is 5.75 Å². The predicted octanol–water partition coefficient (Wildman–Crippen LogP) is 2.91. The Bertz CT molecular complexity index is 940. The van der Waals surface area contributed by atoms with Gasteiger partial charge >= 0.3 is 0 Å². The number of carbonyl (C=O) groups excluding carboxylic acids is 1. The molecule has 0 unspecified atom stereocenters. The first-order chi connectivity index (χ1) is 13.2. The van der Waals surface area contributed by atoms with E-state index < -0.39 is 0 Å². The lowest BCUT2D eigenvalue weighted by Gasteiger charge is -2.06. The van der Waals surface area contributed by atoms with Gasteiger partial charge in [0, 0.05) is 17.7 Å². The lowest BCUT2D eigenvalue weighted by atomic mass is 10.2. The van der Waals surface area contributed by atoms with Crippen molar-refractivity contribution in [3.63, 3.8) is 0 Å². The van der Waals surface area contributed by atoms with Gasteiger partial charge in [-0.05, 0) is 19.1 Å². The topological polar surface area (TPSA) is 92.4 Å². The van der Waals surface area contributed by atoms with Crippen molar-refractivity contribution in [3.8, 4) is 17.1 Å². The van der Waals surface area contributed by atoms with E-state index in [4.69, 9.17) is 0 Å². The standard InChI is InChI=1S/C19H19N5O2S/c1-2-24-18(14-8-4-3-5-9-14)22-23-19(24)27-13-17(26)21-20-12-15-10-6-7-11-16(15)25/h3-12,25H,2,13H2,1H3,(H,21,26)/b20-12-. The molecule has 3 aromatic rings. The summed E-state index contributed by atoms with van der Waals surface area (Å²) in [6.07, 6.45) is 1.40. The van der Waals surface area contributed by atoms with Gasteiger partial charge in [-0.25, -0.2) is 5.43 Å². The molecule has 8 heteroatoms. The zero-order chi connectivity index (χ0) is 19.1. The number of hydrogen-bond acceptors (Lipinski definition) is 6. The summed E-state index contributed by atoms with van der Waals surface area (Å²) in [7, 11) is 0. The Morgan fingerprint density at radius 3 is 2.67 bits per heavy atom. The molecule has 0 fully saturated rings. The Morgan fingerprint density at radius 1 is 1.19 bits per heavy atom. The third-order valence-electron chi connectivity index (χ3n) is 3.73. The summed E-state index contributed by atoms with van der Waals surface area (Å²) in [5.41, 5.74) is 3.96. The van der Waals surface area contributed by atoms with Crippen LogP contribution in [0.25, 0.3) is 11.4 Å². The van der Waals surface area contributed by atoms with Crippen molar-refractivity contribution in [1.82, 2.24) is 20.2 Å². The number of hydrazone groups is 1. The van der Waals surface area contributed by atoms with Crippen LogP contribution in [-0.4, -0.2) is 37.7 Å². The summed E-state index contributed by atoms with van der Waals surface area (Å²) in [6, 6.07) is 16.6. The second-order valence-electron chi connectivity index (χ2n) is 5.56. The summed E-state index contributed by atoms with van der Waals surface area (Å²) in [6.45, 7) is 2.71. The van der Waals surface area contributed by atoms with Gasteiger partial charge in [0.25, 0.3) is 5.91 Å². The monoisotopic (exact) mass is 381 g/mol. The number of hydrogen-bond donors (Lipinski definition) is 2. The van der Waals surface area contributed by atoms with Gasteiger partial charge in [0.05, 0.1) is 12.0 Å². The van der Waals surface area contributed by atoms with Crippen LogP contribution >= 0.6 is 11.8 Å². The average molecular weight is 381 g/mol. The summed E-state index contributed by atoms with van der Waals surface area (Å²) >= 11 is 1.30. The van der Waals surface area contributed by atoms with Crippen LogP contribution in [0.15, 0.2) is 64.9 Å². The van der Waals surface area contributed by atoms with Crippen molar-refractivity contribution in [2.75, 3.05) is 5.75 Å². The molecule has 1 amide bonds. The van der Waals surface area contributed by atoms with Crippen molar-refractivity contribution in [2.24, 2.45) is 5.10 Å². The van der Waals surface area contributed by atoms with Gasteiger partial charge in [-0.1, -0.05) is 54.2 Å². The fraction of sp³-hybridized carbons (Fsp3) is 0.158. The van der Waals surface area contributed by atoms with E-state index in [0.29, 0.717) is 17.3 Å². The number of phenols is 1. The number of nitrogens with one attached hydrogen (secondary N) is 1. The molecule has 2 aromatic carbocycles. The molecule has 0 radical (unpaired) electrons. The average Bonchev–Trinajstić information content (AvgIpc) is 3.11. The van der Waals surface area contributed by atoms with E-state index in [1.807, 2.05) is 41.8 Å². The molecule has 1 aromatic heterocycles. The van der Waals surface area contributed by atoms with E-state index in [1.54, 1.807) is 24.3 Å². The largest absolute Gasteiger partial charge is 0.507 e. The van der Waals surface area contributed by atoms with Crippen molar-refractivity contribution in [1.29, 1.82) is 0 Å². The third-order valence-corrected chi connectivity index (χ3v) is 4.69. The quantitative estimate of drug-likeness (QED) is 0.373. The van der Waals surface area contributed by atoms with Crippen LogP contribution in [0.1, 0.15) is 12.5 Å². The molecule has 138 valence electrons. The number of rotatable bonds is 7. The molecule has 0 atom stereocenters. The Hall–Kier alpha value is -3.13. The van der Waals surface area contributed by atoms with Gasteiger partial charge in [0.15, 0.2) is 11.0 Å². The molecule has 0 aliphatic carbocycles. The van der Waals surface area contributed by atoms with Gasteiger partial charge in [0.2, 0.25) is 0 Å². The van der Waals surface area contributed by atoms with Crippen LogP contribution in [0, 0.1) is 0 Å². The molecule has 7 nitrogen and oxygen atoms in total. The van der Waals surface area contributed by atoms with Gasteiger partial charge in [-0.15, -0.1) is 10.2 Å². The zero-order valence-corrected chi connectivity index (χ0v) is 15.6. The number of thioether (sulfide) groups is 1. The molecule has 1 heterocycles. The first kappa shape index (κ1) is 18.7. The lowest BCUT2D eigenvalue weighted by Crippen LogP contribution is -2.20. The van der Waals surface area contributed by atoms with E-state index >= 15 is 0 Å². The molecule has 3 rings (SSSR count). The van der Waals surface area contributed by atoms with E-state index in [2.05, 4.69) is 20.7 Å². The number of benzene rings is 2.